The third kappa shape index (κ3) is 4.29. The first-order valence-corrected chi connectivity index (χ1v) is 7.51. The Labute approximate surface area is 131 Å². The summed E-state index contributed by atoms with van der Waals surface area (Å²) in [7, 11) is 1.70. The van der Waals surface area contributed by atoms with Gasteiger partial charge >= 0.3 is 5.97 Å². The van der Waals surface area contributed by atoms with Crippen LogP contribution in [0.4, 0.5) is 5.69 Å². The number of aryl methyl sites for hydroxylation is 1. The second-order valence-electron chi connectivity index (χ2n) is 4.22. The molecule has 1 aromatic heterocycles. The maximum Gasteiger partial charge on any atom is 0.338 e. The highest BCUT2D eigenvalue weighted by Crippen LogP contribution is 2.14. The molecule has 1 aromatic carbocycles. The first kappa shape index (κ1) is 16.0. The number of ether oxygens (including phenoxy) is 1. The highest BCUT2D eigenvalue weighted by Gasteiger charge is 2.09. The van der Waals surface area contributed by atoms with Crippen molar-refractivity contribution in [1.82, 2.24) is 20.2 Å². The minimum absolute atomic E-state index is 0.183. The molecule has 116 valence electrons. The average Bonchev–Trinajstić information content (AvgIpc) is 2.91. The van der Waals surface area contributed by atoms with Gasteiger partial charge in [0.05, 0.1) is 17.9 Å². The van der Waals surface area contributed by atoms with E-state index in [1.165, 1.54) is 16.4 Å². The molecule has 0 saturated carbocycles. The minimum atomic E-state index is -0.384. The summed E-state index contributed by atoms with van der Waals surface area (Å²) in [6, 6.07) is 6.51. The Morgan fingerprint density at radius 3 is 2.64 bits per heavy atom. The summed E-state index contributed by atoms with van der Waals surface area (Å²) in [5.74, 6) is -0.379. The van der Waals surface area contributed by atoms with E-state index in [9.17, 15) is 9.59 Å². The topological polar surface area (TPSA) is 99.0 Å². The van der Waals surface area contributed by atoms with Crippen molar-refractivity contribution in [3.63, 3.8) is 0 Å². The zero-order chi connectivity index (χ0) is 15.9. The maximum atomic E-state index is 11.8. The Morgan fingerprint density at radius 2 is 2.05 bits per heavy atom. The van der Waals surface area contributed by atoms with Crippen LogP contribution < -0.4 is 5.32 Å². The highest BCUT2D eigenvalue weighted by molar-refractivity contribution is 7.99. The van der Waals surface area contributed by atoms with Crippen LogP contribution in [0.1, 0.15) is 17.3 Å². The number of esters is 1. The lowest BCUT2D eigenvalue weighted by Crippen LogP contribution is -2.14. The molecular formula is C13H15N5O3S. The monoisotopic (exact) mass is 321 g/mol. The standard InChI is InChI=1S/C13H15N5O3S/c1-3-21-12(20)9-4-6-10(7-5-9)14-11(19)8-22-13-15-16-17-18(13)2/h4-7H,3,8H2,1-2H3,(H,14,19). The van der Waals surface area contributed by atoms with Crippen molar-refractivity contribution in [2.45, 2.75) is 12.1 Å². The van der Waals surface area contributed by atoms with Crippen LogP contribution in [-0.4, -0.2) is 44.4 Å². The summed E-state index contributed by atoms with van der Waals surface area (Å²) in [5, 5.41) is 14.2. The predicted octanol–water partition coefficient (Wildman–Crippen LogP) is 1.12. The van der Waals surface area contributed by atoms with Crippen LogP contribution in [0.15, 0.2) is 29.4 Å². The number of rotatable bonds is 6. The molecule has 0 bridgehead atoms. The second-order valence-corrected chi connectivity index (χ2v) is 5.16. The van der Waals surface area contributed by atoms with E-state index in [-0.39, 0.29) is 17.6 Å². The molecule has 0 aliphatic rings. The predicted molar refractivity (Wildman–Crippen MR) is 80.6 cm³/mol. The Kier molecular flexibility index (Phi) is 5.48. The Bertz CT molecular complexity index is 656. The molecule has 2 rings (SSSR count). The summed E-state index contributed by atoms with van der Waals surface area (Å²) in [5.41, 5.74) is 1.05. The van der Waals surface area contributed by atoms with Gasteiger partial charge in [0.15, 0.2) is 0 Å². The van der Waals surface area contributed by atoms with E-state index in [2.05, 4.69) is 20.8 Å². The summed E-state index contributed by atoms with van der Waals surface area (Å²) in [6.07, 6.45) is 0. The van der Waals surface area contributed by atoms with E-state index in [4.69, 9.17) is 4.74 Å². The molecule has 2 aromatic rings. The van der Waals surface area contributed by atoms with Gasteiger partial charge in [-0.05, 0) is 41.6 Å². The van der Waals surface area contributed by atoms with Crippen molar-refractivity contribution in [1.29, 1.82) is 0 Å². The number of thioether (sulfide) groups is 1. The molecule has 0 fully saturated rings. The first-order chi connectivity index (χ1) is 10.6. The van der Waals surface area contributed by atoms with Crippen LogP contribution in [0.2, 0.25) is 0 Å². The normalized spacial score (nSPS) is 10.3. The number of benzene rings is 1. The number of tetrazole rings is 1. The van der Waals surface area contributed by atoms with E-state index in [1.54, 1.807) is 38.2 Å². The zero-order valence-corrected chi connectivity index (χ0v) is 13.0. The van der Waals surface area contributed by atoms with Gasteiger partial charge in [0, 0.05) is 12.7 Å². The molecule has 0 aliphatic carbocycles. The van der Waals surface area contributed by atoms with Crippen LogP contribution in [0.3, 0.4) is 0 Å². The Balaban J connectivity index is 1.86. The SMILES string of the molecule is CCOC(=O)c1ccc(NC(=O)CSc2nnnn2C)cc1. The number of carbonyl (C=O) groups excluding carboxylic acids is 2. The first-order valence-electron chi connectivity index (χ1n) is 6.52. The Hall–Kier alpha value is -2.42. The van der Waals surface area contributed by atoms with Gasteiger partial charge in [-0.25, -0.2) is 9.48 Å². The molecule has 0 atom stereocenters. The van der Waals surface area contributed by atoms with Gasteiger partial charge in [-0.2, -0.15) is 0 Å². The highest BCUT2D eigenvalue weighted by atomic mass is 32.2. The quantitative estimate of drug-likeness (QED) is 0.628. The number of nitrogens with one attached hydrogen (secondary N) is 1. The van der Waals surface area contributed by atoms with Gasteiger partial charge in [-0.3, -0.25) is 4.79 Å². The molecule has 22 heavy (non-hydrogen) atoms. The van der Waals surface area contributed by atoms with Crippen LogP contribution in [0, 0.1) is 0 Å². The number of carbonyl (C=O) groups is 2. The second kappa shape index (κ2) is 7.55. The van der Waals surface area contributed by atoms with Crippen molar-refractivity contribution in [2.75, 3.05) is 17.7 Å². The fourth-order valence-corrected chi connectivity index (χ4v) is 2.22. The van der Waals surface area contributed by atoms with Gasteiger partial charge in [0.2, 0.25) is 11.1 Å². The third-order valence-corrected chi connectivity index (χ3v) is 3.60. The fraction of sp³-hybridized carbons (Fsp3) is 0.308. The number of hydrogen-bond donors (Lipinski definition) is 1. The fourth-order valence-electron chi connectivity index (χ4n) is 1.57. The molecule has 0 spiro atoms. The minimum Gasteiger partial charge on any atom is -0.462 e. The smallest absolute Gasteiger partial charge is 0.338 e. The number of aromatic nitrogens is 4. The van der Waals surface area contributed by atoms with Gasteiger partial charge in [-0.1, -0.05) is 11.8 Å². The molecule has 0 radical (unpaired) electrons. The van der Waals surface area contributed by atoms with E-state index >= 15 is 0 Å². The van der Waals surface area contributed by atoms with Crippen molar-refractivity contribution in [3.05, 3.63) is 29.8 Å². The summed E-state index contributed by atoms with van der Waals surface area (Å²) < 4.78 is 6.38. The molecular weight excluding hydrogens is 306 g/mol. The molecule has 1 N–H and O–H groups in total. The number of anilines is 1. The molecule has 8 nitrogen and oxygen atoms in total. The van der Waals surface area contributed by atoms with Crippen LogP contribution in [0.25, 0.3) is 0 Å². The average molecular weight is 321 g/mol. The third-order valence-electron chi connectivity index (χ3n) is 2.59. The van der Waals surface area contributed by atoms with Gasteiger partial charge in [-0.15, -0.1) is 5.10 Å². The lowest BCUT2D eigenvalue weighted by molar-refractivity contribution is -0.113. The van der Waals surface area contributed by atoms with Crippen LogP contribution in [0.5, 0.6) is 0 Å². The molecule has 0 aliphatic heterocycles. The molecule has 0 unspecified atom stereocenters. The van der Waals surface area contributed by atoms with Crippen molar-refractivity contribution >= 4 is 29.3 Å². The lowest BCUT2D eigenvalue weighted by Gasteiger charge is -2.06. The summed E-state index contributed by atoms with van der Waals surface area (Å²) in [4.78, 5) is 23.3. The summed E-state index contributed by atoms with van der Waals surface area (Å²) >= 11 is 1.24. The lowest BCUT2D eigenvalue weighted by atomic mass is 10.2. The van der Waals surface area contributed by atoms with E-state index in [0.717, 1.165) is 0 Å². The van der Waals surface area contributed by atoms with E-state index in [1.807, 2.05) is 0 Å². The van der Waals surface area contributed by atoms with E-state index < -0.39 is 0 Å². The van der Waals surface area contributed by atoms with Crippen LogP contribution >= 0.6 is 11.8 Å². The largest absolute Gasteiger partial charge is 0.462 e. The zero-order valence-electron chi connectivity index (χ0n) is 12.1. The maximum absolute atomic E-state index is 11.8. The molecule has 1 heterocycles. The van der Waals surface area contributed by atoms with Crippen molar-refractivity contribution in [2.24, 2.45) is 7.05 Å². The van der Waals surface area contributed by atoms with Gasteiger partial charge in [0.1, 0.15) is 0 Å². The number of hydrogen-bond acceptors (Lipinski definition) is 7. The number of nitrogens with zero attached hydrogens (tertiary/aromatic N) is 4. The summed E-state index contributed by atoms with van der Waals surface area (Å²) in [6.45, 7) is 2.07. The van der Waals surface area contributed by atoms with Crippen molar-refractivity contribution in [3.8, 4) is 0 Å². The van der Waals surface area contributed by atoms with Crippen molar-refractivity contribution < 1.29 is 14.3 Å². The number of amides is 1. The Morgan fingerprint density at radius 1 is 1.32 bits per heavy atom. The molecule has 9 heteroatoms. The van der Waals surface area contributed by atoms with Crippen LogP contribution in [-0.2, 0) is 16.6 Å². The van der Waals surface area contributed by atoms with Gasteiger partial charge < -0.3 is 10.1 Å². The van der Waals surface area contributed by atoms with E-state index in [0.29, 0.717) is 23.0 Å². The van der Waals surface area contributed by atoms with Gasteiger partial charge in [0.25, 0.3) is 0 Å². The molecule has 1 amide bonds. The molecule has 0 saturated heterocycles.